The van der Waals surface area contributed by atoms with Crippen LogP contribution < -0.4 is 14.8 Å². The number of methoxy groups -OCH3 is 1. The Balaban J connectivity index is 1.35. The highest BCUT2D eigenvalue weighted by molar-refractivity contribution is 6.05. The van der Waals surface area contributed by atoms with Gasteiger partial charge in [-0.1, -0.05) is 6.07 Å². The van der Waals surface area contributed by atoms with Crippen molar-refractivity contribution in [2.24, 2.45) is 0 Å². The number of nitrogens with zero attached hydrogens (tertiary/aromatic N) is 3. The molecule has 0 atom stereocenters. The maximum atomic E-state index is 13.2. The standard InChI is InChI=1S/C24H26N4O4/c1-23-12-24(13-23,14-31-23)18-11-28-10-16(17(9-20(28)25-18)32-15-5-3-6-15)22(29)27-19-7-4-8-21(26-19)30-2/h4,7-11,15H,3,5-6,12-14H2,1-2H3,(H,26,27,29). The first-order valence-electron chi connectivity index (χ1n) is 11.1. The molecule has 3 aromatic heterocycles. The molecule has 0 radical (unpaired) electrons. The Labute approximate surface area is 185 Å². The number of amides is 1. The van der Waals surface area contributed by atoms with Crippen molar-refractivity contribution in [1.82, 2.24) is 14.4 Å². The Morgan fingerprint density at radius 3 is 2.78 bits per heavy atom. The molecule has 7 rings (SSSR count). The van der Waals surface area contributed by atoms with Crippen LogP contribution in [0.15, 0.2) is 36.7 Å². The molecular weight excluding hydrogens is 408 g/mol. The monoisotopic (exact) mass is 434 g/mol. The second-order valence-electron chi connectivity index (χ2n) is 9.51. The summed E-state index contributed by atoms with van der Waals surface area (Å²) in [5.74, 6) is 1.13. The van der Waals surface area contributed by atoms with Crippen LogP contribution in [0, 0.1) is 0 Å². The smallest absolute Gasteiger partial charge is 0.262 e. The number of aromatic nitrogens is 3. The Morgan fingerprint density at radius 2 is 2.09 bits per heavy atom. The molecule has 4 aliphatic rings. The summed E-state index contributed by atoms with van der Waals surface area (Å²) in [7, 11) is 1.54. The van der Waals surface area contributed by atoms with E-state index < -0.39 is 0 Å². The fraction of sp³-hybridized carbons (Fsp3) is 0.458. The van der Waals surface area contributed by atoms with Gasteiger partial charge < -0.3 is 23.9 Å². The third-order valence-electron chi connectivity index (χ3n) is 6.98. The summed E-state index contributed by atoms with van der Waals surface area (Å²) >= 11 is 0. The van der Waals surface area contributed by atoms with E-state index in [0.29, 0.717) is 29.6 Å². The van der Waals surface area contributed by atoms with E-state index in [0.717, 1.165) is 43.4 Å². The molecule has 166 valence electrons. The number of fused-ring (bicyclic) bond motifs is 2. The number of hydrogen-bond donors (Lipinski definition) is 1. The van der Waals surface area contributed by atoms with Crippen molar-refractivity contribution in [2.75, 3.05) is 19.0 Å². The Kier molecular flexibility index (Phi) is 4.24. The maximum Gasteiger partial charge on any atom is 0.262 e. The molecule has 4 fully saturated rings. The molecule has 8 nitrogen and oxygen atoms in total. The second kappa shape index (κ2) is 6.93. The third kappa shape index (κ3) is 3.12. The van der Waals surface area contributed by atoms with Gasteiger partial charge in [-0.15, -0.1) is 0 Å². The lowest BCUT2D eigenvalue weighted by molar-refractivity contribution is 0.0154. The summed E-state index contributed by atoms with van der Waals surface area (Å²) in [6.07, 6.45) is 9.11. The van der Waals surface area contributed by atoms with Crippen LogP contribution in [0.25, 0.3) is 5.65 Å². The van der Waals surface area contributed by atoms with Gasteiger partial charge in [0.2, 0.25) is 5.88 Å². The van der Waals surface area contributed by atoms with Gasteiger partial charge in [-0.25, -0.2) is 4.98 Å². The largest absolute Gasteiger partial charge is 0.489 e. The molecule has 2 aliphatic heterocycles. The summed E-state index contributed by atoms with van der Waals surface area (Å²) in [4.78, 5) is 22.4. The number of imidazole rings is 1. The van der Waals surface area contributed by atoms with Crippen LogP contribution >= 0.6 is 0 Å². The molecule has 2 bridgehead atoms. The van der Waals surface area contributed by atoms with E-state index in [1.165, 1.54) is 0 Å². The molecular formula is C24H26N4O4. The quantitative estimate of drug-likeness (QED) is 0.636. The van der Waals surface area contributed by atoms with Gasteiger partial charge in [0.25, 0.3) is 5.91 Å². The van der Waals surface area contributed by atoms with E-state index in [2.05, 4.69) is 17.2 Å². The van der Waals surface area contributed by atoms with Crippen LogP contribution in [0.2, 0.25) is 0 Å². The van der Waals surface area contributed by atoms with Crippen LogP contribution in [-0.4, -0.2) is 45.7 Å². The molecule has 1 amide bonds. The van der Waals surface area contributed by atoms with Crippen LogP contribution in [0.3, 0.4) is 0 Å². The van der Waals surface area contributed by atoms with Gasteiger partial charge in [-0.3, -0.25) is 4.79 Å². The number of carbonyl (C=O) groups is 1. The van der Waals surface area contributed by atoms with E-state index >= 15 is 0 Å². The van der Waals surface area contributed by atoms with Crippen LogP contribution in [0.4, 0.5) is 5.82 Å². The maximum absolute atomic E-state index is 13.2. The number of carbonyl (C=O) groups excluding carboxylic acids is 1. The first-order valence-corrected chi connectivity index (χ1v) is 11.1. The van der Waals surface area contributed by atoms with Crippen molar-refractivity contribution in [1.29, 1.82) is 0 Å². The zero-order valence-electron chi connectivity index (χ0n) is 18.3. The second-order valence-corrected chi connectivity index (χ2v) is 9.51. The number of nitrogens with one attached hydrogen (secondary N) is 1. The summed E-state index contributed by atoms with van der Waals surface area (Å²) in [6.45, 7) is 2.86. The van der Waals surface area contributed by atoms with Crippen molar-refractivity contribution in [2.45, 2.75) is 56.1 Å². The normalized spacial score (nSPS) is 26.4. The van der Waals surface area contributed by atoms with Crippen molar-refractivity contribution in [3.05, 3.63) is 47.9 Å². The minimum Gasteiger partial charge on any atom is -0.489 e. The Bertz CT molecular complexity index is 1210. The highest BCUT2D eigenvalue weighted by Gasteiger charge is 2.61. The lowest BCUT2D eigenvalue weighted by Gasteiger charge is -2.41. The van der Waals surface area contributed by atoms with E-state index in [1.54, 1.807) is 31.5 Å². The molecule has 2 aliphatic carbocycles. The van der Waals surface area contributed by atoms with Crippen LogP contribution in [-0.2, 0) is 10.2 Å². The first kappa shape index (κ1) is 19.5. The van der Waals surface area contributed by atoms with Gasteiger partial charge in [0.1, 0.15) is 17.2 Å². The number of ether oxygens (including phenoxy) is 3. The summed E-state index contributed by atoms with van der Waals surface area (Å²) in [5, 5.41) is 2.87. The molecule has 0 spiro atoms. The molecule has 2 saturated heterocycles. The average Bonchev–Trinajstić information content (AvgIpc) is 3.40. The van der Waals surface area contributed by atoms with Crippen molar-refractivity contribution >= 4 is 17.4 Å². The van der Waals surface area contributed by atoms with Gasteiger partial charge in [-0.05, 0) is 45.1 Å². The fourth-order valence-electron chi connectivity index (χ4n) is 5.14. The molecule has 2 saturated carbocycles. The zero-order chi connectivity index (χ0) is 21.9. The van der Waals surface area contributed by atoms with Gasteiger partial charge >= 0.3 is 0 Å². The predicted octanol–water partition coefficient (Wildman–Crippen LogP) is 3.74. The molecule has 1 N–H and O–H groups in total. The van der Waals surface area contributed by atoms with E-state index in [1.807, 2.05) is 16.7 Å². The van der Waals surface area contributed by atoms with E-state index in [9.17, 15) is 4.79 Å². The average molecular weight is 434 g/mol. The van der Waals surface area contributed by atoms with Gasteiger partial charge in [-0.2, -0.15) is 4.98 Å². The Morgan fingerprint density at radius 1 is 1.25 bits per heavy atom. The highest BCUT2D eigenvalue weighted by Crippen LogP contribution is 2.58. The van der Waals surface area contributed by atoms with E-state index in [-0.39, 0.29) is 23.0 Å². The minimum absolute atomic E-state index is 0.0108. The van der Waals surface area contributed by atoms with Gasteiger partial charge in [0.15, 0.2) is 0 Å². The molecule has 8 heteroatoms. The molecule has 0 unspecified atom stereocenters. The highest BCUT2D eigenvalue weighted by atomic mass is 16.5. The van der Waals surface area contributed by atoms with Crippen molar-refractivity contribution in [3.8, 4) is 11.6 Å². The molecule has 5 heterocycles. The lowest BCUT2D eigenvalue weighted by atomic mass is 9.62. The number of pyridine rings is 2. The van der Waals surface area contributed by atoms with Crippen molar-refractivity contribution in [3.63, 3.8) is 0 Å². The van der Waals surface area contributed by atoms with Crippen molar-refractivity contribution < 1.29 is 19.0 Å². The third-order valence-corrected chi connectivity index (χ3v) is 6.98. The summed E-state index contributed by atoms with van der Waals surface area (Å²) in [5.41, 5.74) is 2.23. The topological polar surface area (TPSA) is 87.0 Å². The molecule has 3 aromatic rings. The molecule has 32 heavy (non-hydrogen) atoms. The predicted molar refractivity (Wildman–Crippen MR) is 117 cm³/mol. The van der Waals surface area contributed by atoms with Crippen LogP contribution in [0.5, 0.6) is 11.6 Å². The van der Waals surface area contributed by atoms with Gasteiger partial charge in [0.05, 0.1) is 36.7 Å². The lowest BCUT2D eigenvalue weighted by Crippen LogP contribution is -2.45. The SMILES string of the molecule is COc1cccc(NC(=O)c2cn3cc(C45COC(C)(C4)C5)nc3cc2OC2CCC2)n1. The summed E-state index contributed by atoms with van der Waals surface area (Å²) < 4.78 is 19.2. The zero-order valence-corrected chi connectivity index (χ0v) is 18.3. The minimum atomic E-state index is -0.282. The summed E-state index contributed by atoms with van der Waals surface area (Å²) in [6, 6.07) is 7.12. The fourth-order valence-corrected chi connectivity index (χ4v) is 5.14. The number of anilines is 1. The molecule has 0 aromatic carbocycles. The number of hydrogen-bond acceptors (Lipinski definition) is 6. The number of rotatable bonds is 6. The first-order chi connectivity index (χ1) is 15.5. The van der Waals surface area contributed by atoms with E-state index in [4.69, 9.17) is 19.2 Å². The van der Waals surface area contributed by atoms with Crippen LogP contribution in [0.1, 0.15) is 55.1 Å². The Hall–Kier alpha value is -3.13. The van der Waals surface area contributed by atoms with Gasteiger partial charge in [0, 0.05) is 29.9 Å².